The number of ether oxygens (including phenoxy) is 2. The minimum Gasteiger partial charge on any atom is -0.496 e. The lowest BCUT2D eigenvalue weighted by Gasteiger charge is -2.12. The number of nitrogen functional groups attached to an aromatic ring is 1. The first-order valence-corrected chi connectivity index (χ1v) is 5.91. The van der Waals surface area contributed by atoms with Crippen molar-refractivity contribution in [3.05, 3.63) is 53.3 Å². The average Bonchev–Trinajstić information content (AvgIpc) is 2.40. The zero-order chi connectivity index (χ0) is 13.8. The molecular formula is C15H16FNO2. The van der Waals surface area contributed by atoms with Gasteiger partial charge >= 0.3 is 0 Å². The molecule has 0 bridgehead atoms. The molecule has 2 aromatic carbocycles. The van der Waals surface area contributed by atoms with Gasteiger partial charge < -0.3 is 15.2 Å². The van der Waals surface area contributed by atoms with Crippen LogP contribution in [0.4, 0.5) is 10.1 Å². The maximum absolute atomic E-state index is 13.1. The standard InChI is InChI=1S/C15H16FNO2/c1-10-3-6-14(18-2)11(7-10)9-19-15-8-12(16)4-5-13(15)17/h3-8H,9,17H2,1-2H3. The van der Waals surface area contributed by atoms with E-state index in [9.17, 15) is 4.39 Å². The second-order valence-electron chi connectivity index (χ2n) is 4.29. The van der Waals surface area contributed by atoms with Gasteiger partial charge in [-0.15, -0.1) is 0 Å². The van der Waals surface area contributed by atoms with Gasteiger partial charge in [-0.2, -0.15) is 0 Å². The number of hydrogen-bond acceptors (Lipinski definition) is 3. The molecule has 2 N–H and O–H groups in total. The van der Waals surface area contributed by atoms with Crippen LogP contribution in [0, 0.1) is 12.7 Å². The Morgan fingerprint density at radius 3 is 2.63 bits per heavy atom. The van der Waals surface area contributed by atoms with Gasteiger partial charge in [-0.25, -0.2) is 4.39 Å². The predicted octanol–water partition coefficient (Wildman–Crippen LogP) is 3.30. The molecule has 2 aromatic rings. The number of benzene rings is 2. The van der Waals surface area contributed by atoms with Crippen LogP contribution in [0.2, 0.25) is 0 Å². The summed E-state index contributed by atoms with van der Waals surface area (Å²) in [5, 5.41) is 0. The summed E-state index contributed by atoms with van der Waals surface area (Å²) < 4.78 is 23.9. The summed E-state index contributed by atoms with van der Waals surface area (Å²) in [6.07, 6.45) is 0. The van der Waals surface area contributed by atoms with Crippen molar-refractivity contribution in [1.29, 1.82) is 0 Å². The summed E-state index contributed by atoms with van der Waals surface area (Å²) in [5.74, 6) is 0.699. The minimum absolute atomic E-state index is 0.276. The van der Waals surface area contributed by atoms with Crippen molar-refractivity contribution in [3.63, 3.8) is 0 Å². The van der Waals surface area contributed by atoms with Crippen LogP contribution in [-0.4, -0.2) is 7.11 Å². The Hall–Kier alpha value is -2.23. The summed E-state index contributed by atoms with van der Waals surface area (Å²) in [7, 11) is 1.60. The molecule has 0 saturated carbocycles. The SMILES string of the molecule is COc1ccc(C)cc1COc1cc(F)ccc1N. The molecule has 0 unspecified atom stereocenters. The van der Waals surface area contributed by atoms with E-state index in [-0.39, 0.29) is 12.4 Å². The number of nitrogens with two attached hydrogens (primary N) is 1. The van der Waals surface area contributed by atoms with E-state index in [1.165, 1.54) is 18.2 Å². The Morgan fingerprint density at radius 1 is 1.11 bits per heavy atom. The molecule has 2 rings (SSSR count). The molecule has 0 amide bonds. The van der Waals surface area contributed by atoms with E-state index in [1.807, 2.05) is 25.1 Å². The quantitative estimate of drug-likeness (QED) is 0.859. The van der Waals surface area contributed by atoms with Gasteiger partial charge in [-0.05, 0) is 31.2 Å². The molecule has 3 nitrogen and oxygen atoms in total. The van der Waals surface area contributed by atoms with Crippen LogP contribution in [0.1, 0.15) is 11.1 Å². The van der Waals surface area contributed by atoms with E-state index < -0.39 is 0 Å². The number of rotatable bonds is 4. The molecule has 0 aromatic heterocycles. The lowest BCUT2D eigenvalue weighted by molar-refractivity contribution is 0.297. The Morgan fingerprint density at radius 2 is 1.89 bits per heavy atom. The molecule has 0 atom stereocenters. The molecule has 0 aliphatic carbocycles. The van der Waals surface area contributed by atoms with Gasteiger partial charge in [-0.3, -0.25) is 0 Å². The van der Waals surface area contributed by atoms with Crippen LogP contribution >= 0.6 is 0 Å². The van der Waals surface area contributed by atoms with Crippen LogP contribution in [0.3, 0.4) is 0 Å². The predicted molar refractivity (Wildman–Crippen MR) is 72.9 cm³/mol. The highest BCUT2D eigenvalue weighted by Gasteiger charge is 2.07. The molecule has 0 radical (unpaired) electrons. The van der Waals surface area contributed by atoms with Crippen molar-refractivity contribution >= 4 is 5.69 Å². The van der Waals surface area contributed by atoms with Crippen molar-refractivity contribution in [2.75, 3.05) is 12.8 Å². The van der Waals surface area contributed by atoms with Crippen LogP contribution in [0.5, 0.6) is 11.5 Å². The molecule has 0 fully saturated rings. The Kier molecular flexibility index (Phi) is 3.90. The Bertz CT molecular complexity index is 584. The molecule has 0 aliphatic heterocycles. The van der Waals surface area contributed by atoms with E-state index in [1.54, 1.807) is 7.11 Å². The van der Waals surface area contributed by atoms with E-state index >= 15 is 0 Å². The van der Waals surface area contributed by atoms with Crippen LogP contribution in [0.25, 0.3) is 0 Å². The van der Waals surface area contributed by atoms with E-state index in [0.717, 1.165) is 16.9 Å². The van der Waals surface area contributed by atoms with Gasteiger partial charge in [0.1, 0.15) is 23.9 Å². The molecular weight excluding hydrogens is 245 g/mol. The van der Waals surface area contributed by atoms with Crippen molar-refractivity contribution < 1.29 is 13.9 Å². The average molecular weight is 261 g/mol. The number of halogens is 1. The van der Waals surface area contributed by atoms with Crippen molar-refractivity contribution in [2.24, 2.45) is 0 Å². The normalized spacial score (nSPS) is 10.3. The third kappa shape index (κ3) is 3.16. The number of anilines is 1. The third-order valence-corrected chi connectivity index (χ3v) is 2.79. The monoisotopic (exact) mass is 261 g/mol. The van der Waals surface area contributed by atoms with Crippen LogP contribution < -0.4 is 15.2 Å². The topological polar surface area (TPSA) is 44.5 Å². The fraction of sp³-hybridized carbons (Fsp3) is 0.200. The summed E-state index contributed by atoms with van der Waals surface area (Å²) in [6.45, 7) is 2.26. The summed E-state index contributed by atoms with van der Waals surface area (Å²) in [6, 6.07) is 9.86. The first kappa shape index (κ1) is 13.2. The second-order valence-corrected chi connectivity index (χ2v) is 4.29. The van der Waals surface area contributed by atoms with Gasteiger partial charge in [-0.1, -0.05) is 11.6 Å². The van der Waals surface area contributed by atoms with E-state index in [0.29, 0.717) is 11.4 Å². The van der Waals surface area contributed by atoms with Crippen LogP contribution in [0.15, 0.2) is 36.4 Å². The van der Waals surface area contributed by atoms with Gasteiger partial charge in [0.15, 0.2) is 0 Å². The molecule has 19 heavy (non-hydrogen) atoms. The highest BCUT2D eigenvalue weighted by molar-refractivity contribution is 5.52. The molecule has 0 heterocycles. The summed E-state index contributed by atoms with van der Waals surface area (Å²) in [5.41, 5.74) is 8.14. The number of methoxy groups -OCH3 is 1. The number of hydrogen-bond donors (Lipinski definition) is 1. The molecule has 0 spiro atoms. The zero-order valence-electron chi connectivity index (χ0n) is 10.9. The van der Waals surface area contributed by atoms with Gasteiger partial charge in [0.25, 0.3) is 0 Å². The zero-order valence-corrected chi connectivity index (χ0v) is 10.9. The third-order valence-electron chi connectivity index (χ3n) is 2.79. The molecule has 4 heteroatoms. The van der Waals surface area contributed by atoms with Gasteiger partial charge in [0.05, 0.1) is 12.8 Å². The lowest BCUT2D eigenvalue weighted by atomic mass is 10.1. The fourth-order valence-corrected chi connectivity index (χ4v) is 1.81. The summed E-state index contributed by atoms with van der Waals surface area (Å²) in [4.78, 5) is 0. The largest absolute Gasteiger partial charge is 0.496 e. The smallest absolute Gasteiger partial charge is 0.145 e. The first-order chi connectivity index (χ1) is 9.10. The van der Waals surface area contributed by atoms with Crippen molar-refractivity contribution in [2.45, 2.75) is 13.5 Å². The Balaban J connectivity index is 2.18. The second kappa shape index (κ2) is 5.61. The fourth-order valence-electron chi connectivity index (χ4n) is 1.81. The van der Waals surface area contributed by atoms with Crippen LogP contribution in [-0.2, 0) is 6.61 Å². The van der Waals surface area contributed by atoms with E-state index in [2.05, 4.69) is 0 Å². The van der Waals surface area contributed by atoms with E-state index in [4.69, 9.17) is 15.2 Å². The maximum Gasteiger partial charge on any atom is 0.145 e. The van der Waals surface area contributed by atoms with Crippen molar-refractivity contribution in [3.8, 4) is 11.5 Å². The Labute approximate surface area is 111 Å². The first-order valence-electron chi connectivity index (χ1n) is 5.91. The highest BCUT2D eigenvalue weighted by Crippen LogP contribution is 2.26. The van der Waals surface area contributed by atoms with Gasteiger partial charge in [0, 0.05) is 11.6 Å². The lowest BCUT2D eigenvalue weighted by Crippen LogP contribution is -2.01. The van der Waals surface area contributed by atoms with Gasteiger partial charge in [0.2, 0.25) is 0 Å². The summed E-state index contributed by atoms with van der Waals surface area (Å²) >= 11 is 0. The molecule has 0 aliphatic rings. The van der Waals surface area contributed by atoms with Crippen molar-refractivity contribution in [1.82, 2.24) is 0 Å². The maximum atomic E-state index is 13.1. The molecule has 100 valence electrons. The highest BCUT2D eigenvalue weighted by atomic mass is 19.1. The minimum atomic E-state index is -0.375. The molecule has 0 saturated heterocycles. The number of aryl methyl sites for hydroxylation is 1.